The van der Waals surface area contributed by atoms with Crippen LogP contribution in [-0.4, -0.2) is 29.4 Å². The molecule has 156 valence electrons. The van der Waals surface area contributed by atoms with Gasteiger partial charge in [-0.15, -0.1) is 0 Å². The van der Waals surface area contributed by atoms with Gasteiger partial charge in [-0.05, 0) is 47.9 Å². The van der Waals surface area contributed by atoms with Crippen molar-refractivity contribution in [3.8, 4) is 5.75 Å². The number of amides is 1. The first-order valence-electron chi connectivity index (χ1n) is 10.1. The number of para-hydroxylation sites is 1. The van der Waals surface area contributed by atoms with Gasteiger partial charge >= 0.3 is 0 Å². The second-order valence-corrected chi connectivity index (χ2v) is 7.61. The van der Waals surface area contributed by atoms with Crippen LogP contribution in [0, 0.1) is 11.6 Å². The standard InChI is InChI=1S/C25H20F2N2O2/c1-31-17-9-6-15(7-10-17)24-23-19(18-4-2-3-5-22(18)28-23)12-13-29(24)25(30)20-11-8-16(26)14-21(20)27/h2-11,14,24,28H,12-13H2,1H3. The lowest BCUT2D eigenvalue weighted by Crippen LogP contribution is -2.41. The lowest BCUT2D eigenvalue weighted by molar-refractivity contribution is 0.0687. The van der Waals surface area contributed by atoms with Gasteiger partial charge < -0.3 is 14.6 Å². The van der Waals surface area contributed by atoms with Crippen molar-refractivity contribution in [2.75, 3.05) is 13.7 Å². The monoisotopic (exact) mass is 418 g/mol. The van der Waals surface area contributed by atoms with Gasteiger partial charge in [0.05, 0.1) is 18.7 Å². The summed E-state index contributed by atoms with van der Waals surface area (Å²) in [4.78, 5) is 18.5. The number of benzene rings is 3. The number of aromatic amines is 1. The molecule has 0 aliphatic carbocycles. The van der Waals surface area contributed by atoms with Crippen molar-refractivity contribution in [1.29, 1.82) is 0 Å². The zero-order valence-electron chi connectivity index (χ0n) is 16.9. The molecular weight excluding hydrogens is 398 g/mol. The van der Waals surface area contributed by atoms with E-state index in [-0.39, 0.29) is 5.56 Å². The minimum absolute atomic E-state index is 0.139. The van der Waals surface area contributed by atoms with Crippen molar-refractivity contribution in [2.45, 2.75) is 12.5 Å². The molecule has 1 atom stereocenters. The molecule has 1 N–H and O–H groups in total. The van der Waals surface area contributed by atoms with E-state index in [0.29, 0.717) is 18.7 Å². The molecule has 31 heavy (non-hydrogen) atoms. The molecule has 1 unspecified atom stereocenters. The normalized spacial score (nSPS) is 15.7. The summed E-state index contributed by atoms with van der Waals surface area (Å²) in [7, 11) is 1.60. The number of rotatable bonds is 3. The molecule has 4 nitrogen and oxygen atoms in total. The number of hydrogen-bond acceptors (Lipinski definition) is 2. The predicted molar refractivity (Wildman–Crippen MR) is 114 cm³/mol. The summed E-state index contributed by atoms with van der Waals surface area (Å²) in [5, 5.41) is 1.12. The highest BCUT2D eigenvalue weighted by molar-refractivity contribution is 5.96. The summed E-state index contributed by atoms with van der Waals surface area (Å²) >= 11 is 0. The molecule has 0 radical (unpaired) electrons. The number of aromatic nitrogens is 1. The average Bonchev–Trinajstić information content (AvgIpc) is 3.17. The van der Waals surface area contributed by atoms with Crippen molar-refractivity contribution in [1.82, 2.24) is 9.88 Å². The van der Waals surface area contributed by atoms with Gasteiger partial charge in [0.15, 0.2) is 0 Å². The third-order valence-corrected chi connectivity index (χ3v) is 5.89. The zero-order valence-corrected chi connectivity index (χ0v) is 16.9. The molecule has 1 amide bonds. The number of fused-ring (bicyclic) bond motifs is 3. The molecule has 1 aliphatic heterocycles. The Balaban J connectivity index is 1.65. The second-order valence-electron chi connectivity index (χ2n) is 7.61. The fraction of sp³-hybridized carbons (Fsp3) is 0.160. The van der Waals surface area contributed by atoms with Crippen LogP contribution in [0.1, 0.15) is 33.2 Å². The largest absolute Gasteiger partial charge is 0.497 e. The molecule has 2 heterocycles. The number of carbonyl (C=O) groups is 1. The first kappa shape index (κ1) is 19.3. The number of hydrogen-bond donors (Lipinski definition) is 1. The summed E-state index contributed by atoms with van der Waals surface area (Å²) in [6.07, 6.45) is 0.639. The number of methoxy groups -OCH3 is 1. The van der Waals surface area contributed by atoms with Gasteiger partial charge in [0.1, 0.15) is 17.4 Å². The van der Waals surface area contributed by atoms with Crippen molar-refractivity contribution in [3.05, 3.63) is 101 Å². The summed E-state index contributed by atoms with van der Waals surface area (Å²) in [5.41, 5.74) is 3.80. The Kier molecular flexibility index (Phi) is 4.70. The van der Waals surface area contributed by atoms with Crippen LogP contribution in [0.3, 0.4) is 0 Å². The molecule has 4 aromatic rings. The second kappa shape index (κ2) is 7.54. The lowest BCUT2D eigenvalue weighted by Gasteiger charge is -2.36. The molecule has 3 aromatic carbocycles. The molecule has 6 heteroatoms. The molecule has 0 fully saturated rings. The highest BCUT2D eigenvalue weighted by Crippen LogP contribution is 2.39. The molecule has 0 saturated heterocycles. The highest BCUT2D eigenvalue weighted by Gasteiger charge is 2.35. The Morgan fingerprint density at radius 3 is 2.58 bits per heavy atom. The first-order chi connectivity index (χ1) is 15.1. The minimum atomic E-state index is -0.860. The molecule has 0 spiro atoms. The Hall–Kier alpha value is -3.67. The van der Waals surface area contributed by atoms with Crippen LogP contribution in [0.25, 0.3) is 10.9 Å². The van der Waals surface area contributed by atoms with Crippen molar-refractivity contribution >= 4 is 16.8 Å². The van der Waals surface area contributed by atoms with E-state index < -0.39 is 23.6 Å². The van der Waals surface area contributed by atoms with Crippen LogP contribution in [0.5, 0.6) is 5.75 Å². The van der Waals surface area contributed by atoms with E-state index in [1.54, 1.807) is 12.0 Å². The van der Waals surface area contributed by atoms with E-state index in [9.17, 15) is 13.6 Å². The first-order valence-corrected chi connectivity index (χ1v) is 10.1. The third kappa shape index (κ3) is 3.24. The van der Waals surface area contributed by atoms with Crippen LogP contribution < -0.4 is 4.74 Å². The van der Waals surface area contributed by atoms with Gasteiger partial charge in [-0.3, -0.25) is 4.79 Å². The zero-order chi connectivity index (χ0) is 21.5. The number of nitrogens with zero attached hydrogens (tertiary/aromatic N) is 1. The smallest absolute Gasteiger partial charge is 0.257 e. The number of ether oxygens (including phenoxy) is 1. The topological polar surface area (TPSA) is 45.3 Å². The van der Waals surface area contributed by atoms with Crippen LogP contribution >= 0.6 is 0 Å². The predicted octanol–water partition coefficient (Wildman–Crippen LogP) is 5.24. The minimum Gasteiger partial charge on any atom is -0.497 e. The van der Waals surface area contributed by atoms with Crippen molar-refractivity contribution in [3.63, 3.8) is 0 Å². The summed E-state index contributed by atoms with van der Waals surface area (Å²) in [6.45, 7) is 0.418. The van der Waals surface area contributed by atoms with E-state index in [4.69, 9.17) is 4.74 Å². The quantitative estimate of drug-likeness (QED) is 0.494. The third-order valence-electron chi connectivity index (χ3n) is 5.89. The molecule has 1 aromatic heterocycles. The van der Waals surface area contributed by atoms with E-state index in [1.165, 1.54) is 6.07 Å². The molecule has 0 saturated carbocycles. The van der Waals surface area contributed by atoms with Crippen LogP contribution in [-0.2, 0) is 6.42 Å². The maximum Gasteiger partial charge on any atom is 0.257 e. The number of nitrogens with one attached hydrogen (secondary N) is 1. The molecule has 1 aliphatic rings. The number of carbonyl (C=O) groups excluding carboxylic acids is 1. The van der Waals surface area contributed by atoms with Crippen molar-refractivity contribution in [2.24, 2.45) is 0 Å². The van der Waals surface area contributed by atoms with Crippen LogP contribution in [0.4, 0.5) is 8.78 Å². The van der Waals surface area contributed by atoms with Crippen LogP contribution in [0.2, 0.25) is 0 Å². The van der Waals surface area contributed by atoms with Gasteiger partial charge in [-0.2, -0.15) is 0 Å². The Morgan fingerprint density at radius 2 is 1.84 bits per heavy atom. The summed E-state index contributed by atoms with van der Waals surface area (Å²) in [5.74, 6) is -1.33. The number of H-pyrrole nitrogens is 1. The van der Waals surface area contributed by atoms with Gasteiger partial charge in [-0.1, -0.05) is 30.3 Å². The maximum atomic E-state index is 14.4. The molecular formula is C25H20F2N2O2. The van der Waals surface area contributed by atoms with Gasteiger partial charge in [-0.25, -0.2) is 8.78 Å². The van der Waals surface area contributed by atoms with Gasteiger partial charge in [0, 0.05) is 29.2 Å². The number of halogens is 2. The average molecular weight is 418 g/mol. The van der Waals surface area contributed by atoms with Gasteiger partial charge in [0.2, 0.25) is 0 Å². The fourth-order valence-corrected chi connectivity index (χ4v) is 4.41. The van der Waals surface area contributed by atoms with Gasteiger partial charge in [0.25, 0.3) is 5.91 Å². The fourth-order valence-electron chi connectivity index (χ4n) is 4.41. The Morgan fingerprint density at radius 1 is 1.06 bits per heavy atom. The molecule has 0 bridgehead atoms. The van der Waals surface area contributed by atoms with Crippen LogP contribution in [0.15, 0.2) is 66.7 Å². The SMILES string of the molecule is COc1ccc(C2c3[nH]c4ccccc4c3CCN2C(=O)c2ccc(F)cc2F)cc1. The van der Waals surface area contributed by atoms with E-state index in [2.05, 4.69) is 11.1 Å². The maximum absolute atomic E-state index is 14.4. The van der Waals surface area contributed by atoms with E-state index in [1.807, 2.05) is 42.5 Å². The van der Waals surface area contributed by atoms with Crippen molar-refractivity contribution < 1.29 is 18.3 Å². The Bertz CT molecular complexity index is 1280. The Labute approximate surface area is 178 Å². The highest BCUT2D eigenvalue weighted by atomic mass is 19.1. The van der Waals surface area contributed by atoms with E-state index in [0.717, 1.165) is 39.9 Å². The summed E-state index contributed by atoms with van der Waals surface area (Å²) in [6, 6.07) is 18.1. The summed E-state index contributed by atoms with van der Waals surface area (Å²) < 4.78 is 33.1. The lowest BCUT2D eigenvalue weighted by atomic mass is 9.91. The van der Waals surface area contributed by atoms with E-state index >= 15 is 0 Å². The molecule has 5 rings (SSSR count).